The van der Waals surface area contributed by atoms with E-state index in [0.29, 0.717) is 36.8 Å². The molecule has 1 fully saturated rings. The van der Waals surface area contributed by atoms with Crippen LogP contribution in [0.3, 0.4) is 0 Å². The summed E-state index contributed by atoms with van der Waals surface area (Å²) < 4.78 is 2.79. The van der Waals surface area contributed by atoms with Crippen molar-refractivity contribution in [2.75, 3.05) is 6.54 Å². The van der Waals surface area contributed by atoms with Crippen LogP contribution in [-0.4, -0.2) is 59.5 Å². The van der Waals surface area contributed by atoms with E-state index in [0.717, 1.165) is 10.5 Å². The first kappa shape index (κ1) is 30.9. The topological polar surface area (TPSA) is 125 Å². The Balaban J connectivity index is 1.63. The molecule has 3 atom stereocenters. The lowest BCUT2D eigenvalue weighted by Gasteiger charge is -2.31. The van der Waals surface area contributed by atoms with Crippen LogP contribution in [0.5, 0.6) is 0 Å². The first-order valence-corrected chi connectivity index (χ1v) is 14.3. The molecule has 0 aromatic heterocycles. The van der Waals surface area contributed by atoms with Crippen molar-refractivity contribution in [2.45, 2.75) is 70.5 Å². The Bertz CT molecular complexity index is 1210. The van der Waals surface area contributed by atoms with Crippen molar-refractivity contribution < 1.29 is 24.0 Å². The maximum Gasteiger partial charge on any atom is 0.261 e. The van der Waals surface area contributed by atoms with Crippen LogP contribution >= 0.6 is 11.9 Å². The third-order valence-corrected chi connectivity index (χ3v) is 7.72. The Morgan fingerprint density at radius 3 is 2.02 bits per heavy atom. The monoisotopic (exact) mass is 566 g/mol. The molecule has 3 unspecified atom stereocenters. The van der Waals surface area contributed by atoms with Gasteiger partial charge in [-0.3, -0.25) is 23.9 Å². The number of aryl methyl sites for hydroxylation is 1. The van der Waals surface area contributed by atoms with E-state index in [4.69, 9.17) is 0 Å². The molecule has 2 aromatic rings. The van der Waals surface area contributed by atoms with Crippen molar-refractivity contribution in [3.05, 3.63) is 65.2 Å². The minimum Gasteiger partial charge on any atom is -0.345 e. The highest BCUT2D eigenvalue weighted by Crippen LogP contribution is 2.21. The number of amides is 4. The van der Waals surface area contributed by atoms with Gasteiger partial charge in [0.25, 0.3) is 11.8 Å². The van der Waals surface area contributed by atoms with Crippen LogP contribution < -0.4 is 15.4 Å². The molecule has 4 amide bonds. The molecule has 1 aliphatic heterocycles. The summed E-state index contributed by atoms with van der Waals surface area (Å²) in [6.07, 6.45) is 1.85. The smallest absolute Gasteiger partial charge is 0.261 e. The van der Waals surface area contributed by atoms with Crippen LogP contribution in [0, 0.1) is 18.8 Å². The van der Waals surface area contributed by atoms with Gasteiger partial charge >= 0.3 is 0 Å². The highest BCUT2D eigenvalue weighted by molar-refractivity contribution is 7.98. The normalized spacial score (nSPS) is 16.4. The van der Waals surface area contributed by atoms with Crippen LogP contribution in [0.4, 0.5) is 0 Å². The minimum absolute atomic E-state index is 0.0703. The molecule has 0 radical (unpaired) electrons. The van der Waals surface area contributed by atoms with Gasteiger partial charge < -0.3 is 20.3 Å². The Hall–Kier alpha value is -3.66. The number of aldehydes is 1. The Kier molecular flexibility index (Phi) is 10.9. The molecule has 3 N–H and O–H groups in total. The first-order chi connectivity index (χ1) is 19.0. The summed E-state index contributed by atoms with van der Waals surface area (Å²) in [6, 6.07) is 11.8. The lowest BCUT2D eigenvalue weighted by molar-refractivity contribution is -0.141. The number of benzene rings is 2. The molecular weight excluding hydrogens is 528 g/mol. The van der Waals surface area contributed by atoms with Crippen molar-refractivity contribution in [2.24, 2.45) is 11.8 Å². The van der Waals surface area contributed by atoms with Crippen LogP contribution in [0.2, 0.25) is 0 Å². The zero-order chi connectivity index (χ0) is 29.4. The first-order valence-electron chi connectivity index (χ1n) is 13.5. The average molecular weight is 567 g/mol. The second kappa shape index (κ2) is 14.1. The number of likely N-dealkylation sites (tertiary alicyclic amines) is 1. The molecule has 0 saturated carbocycles. The molecular formula is C30H38N4O5S. The fraction of sp³-hybridized carbons (Fsp3) is 0.433. The number of hydrogen-bond donors (Lipinski definition) is 3. The molecule has 1 aliphatic rings. The maximum atomic E-state index is 13.5. The molecule has 40 heavy (non-hydrogen) atoms. The van der Waals surface area contributed by atoms with Gasteiger partial charge in [-0.15, -0.1) is 0 Å². The average Bonchev–Trinajstić information content (AvgIpc) is 3.43. The van der Waals surface area contributed by atoms with Gasteiger partial charge in [0.2, 0.25) is 11.8 Å². The van der Waals surface area contributed by atoms with Crippen molar-refractivity contribution in [1.29, 1.82) is 0 Å². The van der Waals surface area contributed by atoms with Gasteiger partial charge in [-0.25, -0.2) is 0 Å². The lowest BCUT2D eigenvalue weighted by atomic mass is 10.0. The zero-order valence-corrected chi connectivity index (χ0v) is 24.4. The molecule has 214 valence electrons. The molecule has 0 bridgehead atoms. The Morgan fingerprint density at radius 2 is 1.48 bits per heavy atom. The second-order valence-corrected chi connectivity index (χ2v) is 11.6. The van der Waals surface area contributed by atoms with Crippen molar-refractivity contribution >= 4 is 41.9 Å². The standard InChI is InChI=1S/C30H38N4O5S/c1-18(2)24(17-35)31-29(38)25-7-6-16-34(25)30(39)26(19(3)4)32-27(36)21-10-12-22(13-11-21)28(37)33-40-23-14-8-20(5)9-15-23/h8-15,17-19,24-26H,6-7,16H2,1-5H3,(H,31,38)(H,32,36)(H,33,37). The molecule has 0 aliphatic carbocycles. The molecule has 0 spiro atoms. The minimum atomic E-state index is -0.846. The number of nitrogens with one attached hydrogen (secondary N) is 3. The van der Waals surface area contributed by atoms with Gasteiger partial charge in [0.1, 0.15) is 18.4 Å². The van der Waals surface area contributed by atoms with Gasteiger partial charge in [0.05, 0.1) is 6.04 Å². The van der Waals surface area contributed by atoms with E-state index in [1.165, 1.54) is 16.8 Å². The predicted octanol–water partition coefficient (Wildman–Crippen LogP) is 3.52. The van der Waals surface area contributed by atoms with E-state index in [-0.39, 0.29) is 29.6 Å². The summed E-state index contributed by atoms with van der Waals surface area (Å²) in [7, 11) is 0. The third-order valence-electron chi connectivity index (χ3n) is 6.92. The number of carbonyl (C=O) groups is 5. The van der Waals surface area contributed by atoms with Crippen LogP contribution in [0.1, 0.15) is 66.8 Å². The highest BCUT2D eigenvalue weighted by atomic mass is 32.2. The van der Waals surface area contributed by atoms with E-state index >= 15 is 0 Å². The van der Waals surface area contributed by atoms with Gasteiger partial charge in [-0.05, 0) is 79.9 Å². The largest absolute Gasteiger partial charge is 0.345 e. The van der Waals surface area contributed by atoms with Crippen molar-refractivity contribution in [3.63, 3.8) is 0 Å². The molecule has 1 saturated heterocycles. The zero-order valence-electron chi connectivity index (χ0n) is 23.6. The number of rotatable bonds is 11. The van der Waals surface area contributed by atoms with Gasteiger partial charge in [-0.2, -0.15) is 0 Å². The maximum absolute atomic E-state index is 13.5. The summed E-state index contributed by atoms with van der Waals surface area (Å²) >= 11 is 1.21. The summed E-state index contributed by atoms with van der Waals surface area (Å²) in [5.41, 5.74) is 1.84. The fourth-order valence-corrected chi connectivity index (χ4v) is 4.98. The summed E-state index contributed by atoms with van der Waals surface area (Å²) in [5.74, 6) is -1.74. The third kappa shape index (κ3) is 7.94. The number of nitrogens with zero attached hydrogens (tertiary/aromatic N) is 1. The SMILES string of the molecule is Cc1ccc(SNC(=O)c2ccc(C(=O)NC(C(=O)N3CCCC3C(=O)NC(C=O)C(C)C)C(C)C)cc2)cc1. The molecule has 2 aromatic carbocycles. The van der Waals surface area contributed by atoms with Crippen molar-refractivity contribution in [3.8, 4) is 0 Å². The van der Waals surface area contributed by atoms with Gasteiger partial charge in [0.15, 0.2) is 0 Å². The van der Waals surface area contributed by atoms with Gasteiger partial charge in [0, 0.05) is 22.6 Å². The Morgan fingerprint density at radius 1 is 0.875 bits per heavy atom. The van der Waals surface area contributed by atoms with Crippen LogP contribution in [-0.2, 0) is 14.4 Å². The summed E-state index contributed by atoms with van der Waals surface area (Å²) in [4.78, 5) is 65.8. The second-order valence-electron chi connectivity index (χ2n) is 10.7. The molecule has 3 rings (SSSR count). The predicted molar refractivity (Wildman–Crippen MR) is 155 cm³/mol. The summed E-state index contributed by atoms with van der Waals surface area (Å²) in [5, 5.41) is 5.56. The van der Waals surface area contributed by atoms with Crippen LogP contribution in [0.15, 0.2) is 53.4 Å². The van der Waals surface area contributed by atoms with E-state index in [9.17, 15) is 24.0 Å². The van der Waals surface area contributed by atoms with E-state index in [1.807, 2.05) is 58.9 Å². The lowest BCUT2D eigenvalue weighted by Crippen LogP contribution is -2.56. The van der Waals surface area contributed by atoms with E-state index in [1.54, 1.807) is 24.3 Å². The summed E-state index contributed by atoms with van der Waals surface area (Å²) in [6.45, 7) is 9.72. The van der Waals surface area contributed by atoms with Gasteiger partial charge in [-0.1, -0.05) is 45.4 Å². The van der Waals surface area contributed by atoms with Crippen LogP contribution in [0.25, 0.3) is 0 Å². The number of hydrogen-bond acceptors (Lipinski definition) is 6. The molecule has 1 heterocycles. The quantitative estimate of drug-likeness (QED) is 0.282. The van der Waals surface area contributed by atoms with E-state index in [2.05, 4.69) is 15.4 Å². The molecule has 10 heteroatoms. The fourth-order valence-electron chi connectivity index (χ4n) is 4.38. The van der Waals surface area contributed by atoms with Crippen molar-refractivity contribution in [1.82, 2.24) is 20.3 Å². The Labute approximate surface area is 240 Å². The van der Waals surface area contributed by atoms with E-state index < -0.39 is 24.0 Å². The number of carbonyl (C=O) groups excluding carboxylic acids is 5. The molecule has 9 nitrogen and oxygen atoms in total. The highest BCUT2D eigenvalue weighted by Gasteiger charge is 2.39.